The first-order valence-electron chi connectivity index (χ1n) is 5.34. The summed E-state index contributed by atoms with van der Waals surface area (Å²) in [6, 6.07) is 6.98. The van der Waals surface area contributed by atoms with Crippen molar-refractivity contribution in [1.29, 1.82) is 0 Å². The summed E-state index contributed by atoms with van der Waals surface area (Å²) in [7, 11) is -3.93. The fourth-order valence-corrected chi connectivity index (χ4v) is 1.66. The number of rotatable bonds is 6. The van der Waals surface area contributed by atoms with Gasteiger partial charge >= 0.3 is 10.3 Å². The van der Waals surface area contributed by atoms with Crippen LogP contribution in [0.1, 0.15) is 19.4 Å². The third kappa shape index (κ3) is 5.97. The normalized spacial score (nSPS) is 12.4. The molecule has 6 nitrogen and oxygen atoms in total. The molecule has 0 amide bonds. The molecule has 0 aliphatic rings. The highest BCUT2D eigenvalue weighted by atomic mass is 32.2. The standard InChI is InChI=1S/C11H17NO5S/c1-11(2,13)17-10-6-4-3-5-9(10)7-8-16-18(12,14)15/h3-6,13H,7-8H2,1-2H3,(H2,12,14,15). The number of nitrogens with two attached hydrogens (primary N) is 1. The summed E-state index contributed by atoms with van der Waals surface area (Å²) in [5, 5.41) is 14.3. The highest BCUT2D eigenvalue weighted by Gasteiger charge is 2.16. The minimum Gasteiger partial charge on any atom is -0.463 e. The van der Waals surface area contributed by atoms with Gasteiger partial charge in [-0.05, 0) is 11.6 Å². The lowest BCUT2D eigenvalue weighted by molar-refractivity contribution is -0.105. The van der Waals surface area contributed by atoms with Gasteiger partial charge in [0.2, 0.25) is 5.79 Å². The Hall–Kier alpha value is -1.15. The van der Waals surface area contributed by atoms with Crippen molar-refractivity contribution in [3.63, 3.8) is 0 Å². The van der Waals surface area contributed by atoms with Gasteiger partial charge in [-0.25, -0.2) is 5.14 Å². The summed E-state index contributed by atoms with van der Waals surface area (Å²) < 4.78 is 31.0. The molecule has 0 spiro atoms. The molecule has 0 fully saturated rings. The van der Waals surface area contributed by atoms with Crippen molar-refractivity contribution in [3.8, 4) is 5.75 Å². The fraction of sp³-hybridized carbons (Fsp3) is 0.455. The Morgan fingerprint density at radius 2 is 1.94 bits per heavy atom. The van der Waals surface area contributed by atoms with Crippen molar-refractivity contribution in [2.75, 3.05) is 6.61 Å². The van der Waals surface area contributed by atoms with Gasteiger partial charge in [-0.1, -0.05) is 18.2 Å². The van der Waals surface area contributed by atoms with E-state index in [2.05, 4.69) is 4.18 Å². The van der Waals surface area contributed by atoms with E-state index < -0.39 is 16.1 Å². The summed E-state index contributed by atoms with van der Waals surface area (Å²) in [6.45, 7) is 2.93. The van der Waals surface area contributed by atoms with Crippen molar-refractivity contribution >= 4 is 10.3 Å². The van der Waals surface area contributed by atoms with E-state index in [0.717, 1.165) is 5.56 Å². The van der Waals surface area contributed by atoms with Crippen LogP contribution in [0.2, 0.25) is 0 Å². The number of ether oxygens (including phenoxy) is 1. The van der Waals surface area contributed by atoms with E-state index in [4.69, 9.17) is 9.88 Å². The van der Waals surface area contributed by atoms with Gasteiger partial charge < -0.3 is 9.84 Å². The molecule has 0 aliphatic heterocycles. The molecular formula is C11H17NO5S. The molecule has 3 N–H and O–H groups in total. The zero-order valence-corrected chi connectivity index (χ0v) is 11.1. The summed E-state index contributed by atoms with van der Waals surface area (Å²) in [6.07, 6.45) is 0.308. The SMILES string of the molecule is CC(C)(O)Oc1ccccc1CCOS(N)(=O)=O. The zero-order valence-electron chi connectivity index (χ0n) is 10.3. The molecule has 0 aromatic heterocycles. The highest BCUT2D eigenvalue weighted by Crippen LogP contribution is 2.22. The van der Waals surface area contributed by atoms with Gasteiger partial charge in [-0.3, -0.25) is 4.18 Å². The van der Waals surface area contributed by atoms with Crippen LogP contribution >= 0.6 is 0 Å². The van der Waals surface area contributed by atoms with Gasteiger partial charge in [-0.2, -0.15) is 8.42 Å². The lowest BCUT2D eigenvalue weighted by atomic mass is 10.1. The average molecular weight is 275 g/mol. The Labute approximate surface area is 107 Å². The van der Waals surface area contributed by atoms with Crippen LogP contribution in [0.4, 0.5) is 0 Å². The maximum Gasteiger partial charge on any atom is 0.333 e. The smallest absolute Gasteiger partial charge is 0.333 e. The second kappa shape index (κ2) is 5.66. The van der Waals surface area contributed by atoms with Crippen LogP contribution in [-0.4, -0.2) is 25.9 Å². The topological polar surface area (TPSA) is 98.8 Å². The number of benzene rings is 1. The van der Waals surface area contributed by atoms with Gasteiger partial charge in [0, 0.05) is 20.3 Å². The van der Waals surface area contributed by atoms with Crippen LogP contribution < -0.4 is 9.88 Å². The largest absolute Gasteiger partial charge is 0.463 e. The van der Waals surface area contributed by atoms with E-state index in [0.29, 0.717) is 12.2 Å². The Bertz CT molecular complexity index is 492. The molecule has 102 valence electrons. The average Bonchev–Trinajstić information content (AvgIpc) is 2.16. The van der Waals surface area contributed by atoms with Crippen LogP contribution in [-0.2, 0) is 20.9 Å². The Balaban J connectivity index is 2.71. The minimum atomic E-state index is -3.93. The third-order valence-electron chi connectivity index (χ3n) is 1.95. The number of hydrogen-bond donors (Lipinski definition) is 2. The number of aliphatic hydroxyl groups is 1. The second-order valence-corrected chi connectivity index (χ2v) is 5.44. The summed E-state index contributed by atoms with van der Waals surface area (Å²) >= 11 is 0. The van der Waals surface area contributed by atoms with Crippen molar-refractivity contribution in [2.24, 2.45) is 5.14 Å². The molecule has 0 saturated heterocycles. The zero-order chi connectivity index (χ0) is 13.8. The molecule has 0 heterocycles. The van der Waals surface area contributed by atoms with E-state index in [1.54, 1.807) is 24.3 Å². The molecule has 0 unspecified atom stereocenters. The van der Waals surface area contributed by atoms with Crippen molar-refractivity contribution in [3.05, 3.63) is 29.8 Å². The first kappa shape index (κ1) is 14.9. The second-order valence-electron chi connectivity index (χ2n) is 4.22. The van der Waals surface area contributed by atoms with E-state index in [9.17, 15) is 13.5 Å². The molecule has 0 radical (unpaired) electrons. The summed E-state index contributed by atoms with van der Waals surface area (Å²) in [5.41, 5.74) is 0.725. The first-order valence-corrected chi connectivity index (χ1v) is 6.81. The minimum absolute atomic E-state index is 0.0783. The predicted molar refractivity (Wildman–Crippen MR) is 66.1 cm³/mol. The molecule has 18 heavy (non-hydrogen) atoms. The van der Waals surface area contributed by atoms with E-state index in [-0.39, 0.29) is 6.61 Å². The Morgan fingerprint density at radius 1 is 1.33 bits per heavy atom. The predicted octanol–water partition coefficient (Wildman–Crippen LogP) is 0.556. The molecule has 1 aromatic rings. The van der Waals surface area contributed by atoms with Gasteiger partial charge in [-0.15, -0.1) is 0 Å². The van der Waals surface area contributed by atoms with Crippen LogP contribution in [0.15, 0.2) is 24.3 Å². The fourth-order valence-electron chi connectivity index (χ4n) is 1.35. The molecule has 7 heteroatoms. The molecule has 0 bridgehead atoms. The lowest BCUT2D eigenvalue weighted by Gasteiger charge is -2.21. The van der Waals surface area contributed by atoms with Gasteiger partial charge in [0.15, 0.2) is 0 Å². The molecule has 0 aliphatic carbocycles. The van der Waals surface area contributed by atoms with Gasteiger partial charge in [0.05, 0.1) is 6.61 Å². The van der Waals surface area contributed by atoms with Gasteiger partial charge in [0.25, 0.3) is 0 Å². The molecular weight excluding hydrogens is 258 g/mol. The summed E-state index contributed by atoms with van der Waals surface area (Å²) in [5.74, 6) is -0.834. The van der Waals surface area contributed by atoms with Crippen LogP contribution in [0.25, 0.3) is 0 Å². The molecule has 1 aromatic carbocycles. The quantitative estimate of drug-likeness (QED) is 0.739. The summed E-state index contributed by atoms with van der Waals surface area (Å²) in [4.78, 5) is 0. The van der Waals surface area contributed by atoms with E-state index in [1.807, 2.05) is 0 Å². The van der Waals surface area contributed by atoms with E-state index >= 15 is 0 Å². The van der Waals surface area contributed by atoms with Crippen molar-refractivity contribution in [1.82, 2.24) is 0 Å². The monoisotopic (exact) mass is 275 g/mol. The van der Waals surface area contributed by atoms with Crippen molar-refractivity contribution < 1.29 is 22.4 Å². The van der Waals surface area contributed by atoms with E-state index in [1.165, 1.54) is 13.8 Å². The van der Waals surface area contributed by atoms with Crippen molar-refractivity contribution in [2.45, 2.75) is 26.1 Å². The highest BCUT2D eigenvalue weighted by molar-refractivity contribution is 7.84. The Kier molecular flexibility index (Phi) is 4.69. The molecule has 0 saturated carbocycles. The van der Waals surface area contributed by atoms with Crippen LogP contribution in [0, 0.1) is 0 Å². The third-order valence-corrected chi connectivity index (χ3v) is 2.45. The number of hydrogen-bond acceptors (Lipinski definition) is 5. The molecule has 1 rings (SSSR count). The number of para-hydroxylation sites is 1. The lowest BCUT2D eigenvalue weighted by Crippen LogP contribution is -2.27. The first-order chi connectivity index (χ1) is 8.17. The van der Waals surface area contributed by atoms with Gasteiger partial charge in [0.1, 0.15) is 5.75 Å². The van der Waals surface area contributed by atoms with Crippen LogP contribution in [0.3, 0.4) is 0 Å². The maximum atomic E-state index is 10.6. The van der Waals surface area contributed by atoms with Crippen LogP contribution in [0.5, 0.6) is 5.75 Å². The molecule has 0 atom stereocenters. The maximum absolute atomic E-state index is 10.6. The Morgan fingerprint density at radius 3 is 2.50 bits per heavy atom.